The number of hydrogen-bond acceptors (Lipinski definition) is 3. The first-order valence-corrected chi connectivity index (χ1v) is 6.83. The molecular formula is C13H29N3. The molecule has 1 saturated heterocycles. The highest BCUT2D eigenvalue weighted by Crippen LogP contribution is 2.17. The summed E-state index contributed by atoms with van der Waals surface area (Å²) >= 11 is 0. The maximum Gasteiger partial charge on any atom is 0.0104 e. The van der Waals surface area contributed by atoms with Gasteiger partial charge < -0.3 is 15.1 Å². The lowest BCUT2D eigenvalue weighted by molar-refractivity contribution is 0.160. The van der Waals surface area contributed by atoms with E-state index < -0.39 is 0 Å². The summed E-state index contributed by atoms with van der Waals surface area (Å²) in [4.78, 5) is 4.99. The molecular weight excluding hydrogens is 198 g/mol. The summed E-state index contributed by atoms with van der Waals surface area (Å²) in [5.41, 5.74) is 0. The highest BCUT2D eigenvalue weighted by Gasteiger charge is 2.18. The molecule has 3 nitrogen and oxygen atoms in total. The van der Waals surface area contributed by atoms with E-state index in [0.29, 0.717) is 0 Å². The molecule has 0 amide bonds. The predicted molar refractivity (Wildman–Crippen MR) is 70.9 cm³/mol. The van der Waals surface area contributed by atoms with Crippen LogP contribution in [0.2, 0.25) is 0 Å². The van der Waals surface area contributed by atoms with Crippen molar-refractivity contribution in [2.24, 2.45) is 0 Å². The summed E-state index contributed by atoms with van der Waals surface area (Å²) in [7, 11) is 4.52. The second-order valence-electron chi connectivity index (χ2n) is 5.08. The van der Waals surface area contributed by atoms with Gasteiger partial charge in [0.25, 0.3) is 0 Å². The van der Waals surface area contributed by atoms with Crippen LogP contribution < -0.4 is 5.32 Å². The van der Waals surface area contributed by atoms with Crippen LogP contribution in [0.1, 0.15) is 32.6 Å². The summed E-state index contributed by atoms with van der Waals surface area (Å²) < 4.78 is 0. The molecule has 1 rings (SSSR count). The fraction of sp³-hybridized carbons (Fsp3) is 1.00. The number of piperidine rings is 1. The van der Waals surface area contributed by atoms with Gasteiger partial charge in [0.1, 0.15) is 0 Å². The zero-order valence-electron chi connectivity index (χ0n) is 11.3. The summed E-state index contributed by atoms with van der Waals surface area (Å²) in [6.45, 7) is 8.07. The molecule has 0 aromatic carbocycles. The Labute approximate surface area is 101 Å². The molecule has 1 aliphatic rings. The van der Waals surface area contributed by atoms with Gasteiger partial charge >= 0.3 is 0 Å². The molecule has 1 unspecified atom stereocenters. The van der Waals surface area contributed by atoms with Gasteiger partial charge in [0, 0.05) is 19.1 Å². The standard InChI is InChI=1S/C13H29N3/c1-4-14-9-12-15(2)11-8-13-7-5-6-10-16(13)3/h13-14H,4-12H2,1-3H3. The van der Waals surface area contributed by atoms with Crippen LogP contribution in [-0.4, -0.2) is 62.7 Å². The molecule has 0 saturated carbocycles. The lowest BCUT2D eigenvalue weighted by atomic mass is 10.00. The maximum atomic E-state index is 3.37. The third kappa shape index (κ3) is 5.28. The van der Waals surface area contributed by atoms with Gasteiger partial charge in [0.15, 0.2) is 0 Å². The predicted octanol–water partition coefficient (Wildman–Crippen LogP) is 1.40. The van der Waals surface area contributed by atoms with Crippen molar-refractivity contribution in [1.82, 2.24) is 15.1 Å². The molecule has 0 bridgehead atoms. The number of likely N-dealkylation sites (tertiary alicyclic amines) is 1. The lowest BCUT2D eigenvalue weighted by Crippen LogP contribution is -2.39. The monoisotopic (exact) mass is 227 g/mol. The van der Waals surface area contributed by atoms with Crippen LogP contribution >= 0.6 is 0 Å². The van der Waals surface area contributed by atoms with Crippen LogP contribution in [0.25, 0.3) is 0 Å². The van der Waals surface area contributed by atoms with Gasteiger partial charge in [-0.25, -0.2) is 0 Å². The van der Waals surface area contributed by atoms with Crippen LogP contribution in [0, 0.1) is 0 Å². The van der Waals surface area contributed by atoms with E-state index in [1.54, 1.807) is 0 Å². The summed E-state index contributed by atoms with van der Waals surface area (Å²) in [6, 6.07) is 0.829. The van der Waals surface area contributed by atoms with Crippen LogP contribution in [0.15, 0.2) is 0 Å². The van der Waals surface area contributed by atoms with Crippen molar-refractivity contribution in [3.63, 3.8) is 0 Å². The van der Waals surface area contributed by atoms with Crippen molar-refractivity contribution in [2.45, 2.75) is 38.6 Å². The van der Waals surface area contributed by atoms with Gasteiger partial charge in [0.2, 0.25) is 0 Å². The van der Waals surface area contributed by atoms with Crippen molar-refractivity contribution in [3.8, 4) is 0 Å². The zero-order chi connectivity index (χ0) is 11.8. The first-order valence-electron chi connectivity index (χ1n) is 6.83. The van der Waals surface area contributed by atoms with Crippen molar-refractivity contribution in [3.05, 3.63) is 0 Å². The number of nitrogens with one attached hydrogen (secondary N) is 1. The van der Waals surface area contributed by atoms with E-state index in [9.17, 15) is 0 Å². The molecule has 1 fully saturated rings. The van der Waals surface area contributed by atoms with Crippen LogP contribution in [0.4, 0.5) is 0 Å². The maximum absolute atomic E-state index is 3.37. The van der Waals surface area contributed by atoms with E-state index in [0.717, 1.165) is 19.1 Å². The third-order valence-corrected chi connectivity index (χ3v) is 3.69. The molecule has 3 heteroatoms. The molecule has 1 N–H and O–H groups in total. The first-order chi connectivity index (χ1) is 7.74. The average molecular weight is 227 g/mol. The zero-order valence-corrected chi connectivity index (χ0v) is 11.3. The Bertz CT molecular complexity index is 173. The minimum absolute atomic E-state index is 0.829. The van der Waals surface area contributed by atoms with Crippen molar-refractivity contribution < 1.29 is 0 Å². The van der Waals surface area contributed by atoms with Gasteiger partial charge in [-0.2, -0.15) is 0 Å². The van der Waals surface area contributed by atoms with Crippen molar-refractivity contribution in [1.29, 1.82) is 0 Å². The fourth-order valence-corrected chi connectivity index (χ4v) is 2.44. The number of likely N-dealkylation sites (N-methyl/N-ethyl adjacent to an activating group) is 2. The Hall–Kier alpha value is -0.120. The van der Waals surface area contributed by atoms with Gasteiger partial charge in [-0.05, 0) is 53.0 Å². The Morgan fingerprint density at radius 2 is 2.12 bits per heavy atom. The van der Waals surface area contributed by atoms with E-state index in [1.165, 1.54) is 45.3 Å². The molecule has 16 heavy (non-hydrogen) atoms. The van der Waals surface area contributed by atoms with Gasteiger partial charge in [-0.1, -0.05) is 13.3 Å². The minimum Gasteiger partial charge on any atom is -0.316 e. The largest absolute Gasteiger partial charge is 0.316 e. The van der Waals surface area contributed by atoms with Crippen LogP contribution in [0.5, 0.6) is 0 Å². The normalized spacial score (nSPS) is 22.9. The molecule has 1 heterocycles. The van der Waals surface area contributed by atoms with E-state index >= 15 is 0 Å². The van der Waals surface area contributed by atoms with Crippen LogP contribution in [0.3, 0.4) is 0 Å². The smallest absolute Gasteiger partial charge is 0.0104 e. The quantitative estimate of drug-likeness (QED) is 0.663. The lowest BCUT2D eigenvalue weighted by Gasteiger charge is -2.33. The van der Waals surface area contributed by atoms with E-state index in [-0.39, 0.29) is 0 Å². The summed E-state index contributed by atoms with van der Waals surface area (Å²) in [6.07, 6.45) is 5.55. The highest BCUT2D eigenvalue weighted by atomic mass is 15.2. The number of rotatable bonds is 7. The Morgan fingerprint density at radius 3 is 2.81 bits per heavy atom. The van der Waals surface area contributed by atoms with Gasteiger partial charge in [0.05, 0.1) is 0 Å². The topological polar surface area (TPSA) is 18.5 Å². The van der Waals surface area contributed by atoms with Crippen LogP contribution in [-0.2, 0) is 0 Å². The second-order valence-corrected chi connectivity index (χ2v) is 5.08. The average Bonchev–Trinajstić information content (AvgIpc) is 2.28. The van der Waals surface area contributed by atoms with Gasteiger partial charge in [-0.15, -0.1) is 0 Å². The molecule has 96 valence electrons. The molecule has 1 atom stereocenters. The Balaban J connectivity index is 2.07. The van der Waals surface area contributed by atoms with E-state index in [4.69, 9.17) is 0 Å². The number of nitrogens with zero attached hydrogens (tertiary/aromatic N) is 2. The third-order valence-electron chi connectivity index (χ3n) is 3.69. The molecule has 0 spiro atoms. The fourth-order valence-electron chi connectivity index (χ4n) is 2.44. The van der Waals surface area contributed by atoms with E-state index in [2.05, 4.69) is 36.1 Å². The Kier molecular flexibility index (Phi) is 7.01. The van der Waals surface area contributed by atoms with Crippen molar-refractivity contribution in [2.75, 3.05) is 46.8 Å². The van der Waals surface area contributed by atoms with E-state index in [1.807, 2.05) is 0 Å². The molecule has 0 aromatic heterocycles. The molecule has 0 radical (unpaired) electrons. The van der Waals surface area contributed by atoms with Crippen molar-refractivity contribution >= 4 is 0 Å². The second kappa shape index (κ2) is 8.04. The molecule has 0 aliphatic carbocycles. The summed E-state index contributed by atoms with van der Waals surface area (Å²) in [5, 5.41) is 3.37. The molecule has 0 aromatic rings. The van der Waals surface area contributed by atoms with Gasteiger partial charge in [-0.3, -0.25) is 0 Å². The highest BCUT2D eigenvalue weighted by molar-refractivity contribution is 4.75. The minimum atomic E-state index is 0.829. The summed E-state index contributed by atoms with van der Waals surface area (Å²) in [5.74, 6) is 0. The SMILES string of the molecule is CCNCCN(C)CCC1CCCCN1C. The molecule has 1 aliphatic heterocycles. The Morgan fingerprint density at radius 1 is 1.31 bits per heavy atom. The number of hydrogen-bond donors (Lipinski definition) is 1. The first kappa shape index (κ1) is 13.9.